The van der Waals surface area contributed by atoms with Gasteiger partial charge in [0.05, 0.1) is 19.3 Å². The molecule has 0 aromatic rings. The molecule has 1 aliphatic heterocycles. The molecule has 13 heavy (non-hydrogen) atoms. The molecule has 0 unspecified atom stereocenters. The molecular weight excluding hydrogens is 166 g/mol. The summed E-state index contributed by atoms with van der Waals surface area (Å²) in [5.74, 6) is 0.0317. The summed E-state index contributed by atoms with van der Waals surface area (Å²) in [5, 5.41) is 2.90. The van der Waals surface area contributed by atoms with Gasteiger partial charge >= 0.3 is 0 Å². The highest BCUT2D eigenvalue weighted by molar-refractivity contribution is 5.96. The summed E-state index contributed by atoms with van der Waals surface area (Å²) >= 11 is 0. The summed E-state index contributed by atoms with van der Waals surface area (Å²) in [4.78, 5) is 11.5. The smallest absolute Gasteiger partial charge is 0.251 e. The standard InChI is InChI=1S/C10H13NO2/c12-10(11-9-6-13-7-9)8-4-2-1-3-5-8/h2,4-5,9H,1,3,6-7H2,(H,11,12). The first-order chi connectivity index (χ1) is 6.36. The molecule has 0 atom stereocenters. The Bertz CT molecular complexity index is 264. The van der Waals surface area contributed by atoms with Crippen molar-refractivity contribution in [2.24, 2.45) is 0 Å². The van der Waals surface area contributed by atoms with Crippen molar-refractivity contribution in [2.45, 2.75) is 18.9 Å². The molecule has 1 saturated heterocycles. The van der Waals surface area contributed by atoms with Crippen LogP contribution in [0.25, 0.3) is 0 Å². The van der Waals surface area contributed by atoms with Crippen molar-refractivity contribution in [3.8, 4) is 0 Å². The van der Waals surface area contributed by atoms with E-state index in [9.17, 15) is 4.79 Å². The number of rotatable bonds is 2. The fourth-order valence-electron chi connectivity index (χ4n) is 1.37. The van der Waals surface area contributed by atoms with Gasteiger partial charge in [-0.3, -0.25) is 4.79 Å². The van der Waals surface area contributed by atoms with Crippen molar-refractivity contribution in [2.75, 3.05) is 13.2 Å². The van der Waals surface area contributed by atoms with Gasteiger partial charge in [0.2, 0.25) is 0 Å². The van der Waals surface area contributed by atoms with Gasteiger partial charge in [0.25, 0.3) is 5.91 Å². The van der Waals surface area contributed by atoms with Gasteiger partial charge in [0, 0.05) is 5.57 Å². The van der Waals surface area contributed by atoms with Gasteiger partial charge in [-0.15, -0.1) is 0 Å². The molecule has 1 amide bonds. The van der Waals surface area contributed by atoms with Crippen molar-refractivity contribution < 1.29 is 9.53 Å². The highest BCUT2D eigenvalue weighted by atomic mass is 16.5. The third-order valence-electron chi connectivity index (χ3n) is 2.23. The van der Waals surface area contributed by atoms with E-state index in [1.54, 1.807) is 0 Å². The van der Waals surface area contributed by atoms with E-state index in [0.29, 0.717) is 13.2 Å². The Morgan fingerprint density at radius 3 is 2.85 bits per heavy atom. The van der Waals surface area contributed by atoms with Crippen molar-refractivity contribution in [3.05, 3.63) is 23.8 Å². The van der Waals surface area contributed by atoms with E-state index in [1.165, 1.54) is 0 Å². The lowest BCUT2D eigenvalue weighted by atomic mass is 10.1. The van der Waals surface area contributed by atoms with Gasteiger partial charge < -0.3 is 10.1 Å². The van der Waals surface area contributed by atoms with Crippen LogP contribution in [0.4, 0.5) is 0 Å². The molecule has 3 nitrogen and oxygen atoms in total. The second kappa shape index (κ2) is 3.75. The van der Waals surface area contributed by atoms with Crippen LogP contribution in [0, 0.1) is 0 Å². The monoisotopic (exact) mass is 179 g/mol. The van der Waals surface area contributed by atoms with Crippen molar-refractivity contribution in [1.82, 2.24) is 5.32 Å². The van der Waals surface area contributed by atoms with Gasteiger partial charge in [0.15, 0.2) is 0 Å². The second-order valence-corrected chi connectivity index (χ2v) is 3.35. The Morgan fingerprint density at radius 2 is 2.31 bits per heavy atom. The number of hydrogen-bond donors (Lipinski definition) is 1. The van der Waals surface area contributed by atoms with Gasteiger partial charge in [-0.1, -0.05) is 18.2 Å². The minimum atomic E-state index is 0.0317. The Hall–Kier alpha value is -1.09. The fraction of sp³-hybridized carbons (Fsp3) is 0.500. The maximum atomic E-state index is 11.5. The van der Waals surface area contributed by atoms with Crippen LogP contribution in [0.5, 0.6) is 0 Å². The molecule has 70 valence electrons. The zero-order chi connectivity index (χ0) is 9.10. The summed E-state index contributed by atoms with van der Waals surface area (Å²) in [6, 6.07) is 0.226. The first-order valence-corrected chi connectivity index (χ1v) is 4.61. The van der Waals surface area contributed by atoms with Crippen molar-refractivity contribution in [1.29, 1.82) is 0 Å². The SMILES string of the molecule is O=C(NC1COC1)C1=CCCC=C1. The topological polar surface area (TPSA) is 38.3 Å². The maximum Gasteiger partial charge on any atom is 0.251 e. The minimum absolute atomic E-state index is 0.0317. The van der Waals surface area contributed by atoms with Gasteiger partial charge in [-0.2, -0.15) is 0 Å². The lowest BCUT2D eigenvalue weighted by molar-refractivity contribution is -0.121. The number of carbonyl (C=O) groups is 1. The van der Waals surface area contributed by atoms with Gasteiger partial charge in [0.1, 0.15) is 0 Å². The number of allylic oxidation sites excluding steroid dienone is 2. The molecule has 1 aliphatic carbocycles. The quantitative estimate of drug-likeness (QED) is 0.680. The number of nitrogens with one attached hydrogen (secondary N) is 1. The Labute approximate surface area is 77.5 Å². The molecule has 1 heterocycles. The maximum absolute atomic E-state index is 11.5. The Kier molecular flexibility index (Phi) is 2.45. The highest BCUT2D eigenvalue weighted by Gasteiger charge is 2.21. The van der Waals surface area contributed by atoms with Crippen molar-refractivity contribution in [3.63, 3.8) is 0 Å². The van der Waals surface area contributed by atoms with Crippen LogP contribution in [0.15, 0.2) is 23.8 Å². The minimum Gasteiger partial charge on any atom is -0.377 e. The Balaban J connectivity index is 1.88. The lowest BCUT2D eigenvalue weighted by Gasteiger charge is -2.27. The van der Waals surface area contributed by atoms with E-state index in [1.807, 2.05) is 18.2 Å². The first-order valence-electron chi connectivity index (χ1n) is 4.61. The summed E-state index contributed by atoms with van der Waals surface area (Å²) in [6.45, 7) is 1.31. The number of amides is 1. The number of ether oxygens (including phenoxy) is 1. The van der Waals surface area contributed by atoms with Gasteiger partial charge in [-0.25, -0.2) is 0 Å². The van der Waals surface area contributed by atoms with E-state index >= 15 is 0 Å². The van der Waals surface area contributed by atoms with E-state index in [0.717, 1.165) is 18.4 Å². The largest absolute Gasteiger partial charge is 0.377 e. The summed E-state index contributed by atoms with van der Waals surface area (Å²) < 4.78 is 4.97. The Morgan fingerprint density at radius 1 is 1.46 bits per heavy atom. The van der Waals surface area contributed by atoms with E-state index in [-0.39, 0.29) is 11.9 Å². The third kappa shape index (κ3) is 1.98. The van der Waals surface area contributed by atoms with Gasteiger partial charge in [-0.05, 0) is 12.8 Å². The zero-order valence-electron chi connectivity index (χ0n) is 7.45. The predicted molar refractivity (Wildman–Crippen MR) is 49.2 cm³/mol. The molecule has 0 bridgehead atoms. The molecular formula is C10H13NO2. The molecule has 1 fully saturated rings. The summed E-state index contributed by atoms with van der Waals surface area (Å²) in [7, 11) is 0. The van der Waals surface area contributed by atoms with Crippen LogP contribution in [-0.4, -0.2) is 25.2 Å². The first kappa shape index (κ1) is 8.51. The van der Waals surface area contributed by atoms with Crippen LogP contribution >= 0.6 is 0 Å². The number of hydrogen-bond acceptors (Lipinski definition) is 2. The van der Waals surface area contributed by atoms with Crippen LogP contribution < -0.4 is 5.32 Å². The third-order valence-corrected chi connectivity index (χ3v) is 2.23. The molecule has 1 N–H and O–H groups in total. The molecule has 0 saturated carbocycles. The fourth-order valence-corrected chi connectivity index (χ4v) is 1.37. The van der Waals surface area contributed by atoms with Crippen LogP contribution in [0.2, 0.25) is 0 Å². The molecule has 0 spiro atoms. The highest BCUT2D eigenvalue weighted by Crippen LogP contribution is 2.10. The average molecular weight is 179 g/mol. The summed E-state index contributed by atoms with van der Waals surface area (Å²) in [5.41, 5.74) is 0.790. The van der Waals surface area contributed by atoms with Crippen molar-refractivity contribution >= 4 is 5.91 Å². The van der Waals surface area contributed by atoms with E-state index in [4.69, 9.17) is 4.74 Å². The van der Waals surface area contributed by atoms with Crippen LogP contribution in [0.1, 0.15) is 12.8 Å². The molecule has 0 aromatic carbocycles. The predicted octanol–water partition coefficient (Wildman–Crippen LogP) is 0.778. The van der Waals surface area contributed by atoms with E-state index < -0.39 is 0 Å². The second-order valence-electron chi connectivity index (χ2n) is 3.35. The summed E-state index contributed by atoms with van der Waals surface area (Å²) in [6.07, 6.45) is 7.92. The molecule has 0 radical (unpaired) electrons. The molecule has 2 rings (SSSR count). The van der Waals surface area contributed by atoms with Crippen LogP contribution in [-0.2, 0) is 9.53 Å². The molecule has 2 aliphatic rings. The average Bonchev–Trinajstić information content (AvgIpc) is 2.12. The normalized spacial score (nSPS) is 22.0. The van der Waals surface area contributed by atoms with Crippen LogP contribution in [0.3, 0.4) is 0 Å². The molecule has 3 heteroatoms. The zero-order valence-corrected chi connectivity index (χ0v) is 7.45. The molecule has 0 aromatic heterocycles. The van der Waals surface area contributed by atoms with E-state index in [2.05, 4.69) is 5.32 Å². The lowest BCUT2D eigenvalue weighted by Crippen LogP contribution is -2.48. The number of carbonyl (C=O) groups excluding carboxylic acids is 1.